The first-order chi connectivity index (χ1) is 34.2. The second kappa shape index (κ2) is 25.3. The lowest BCUT2D eigenvalue weighted by atomic mass is 9.43. The zero-order valence-corrected chi connectivity index (χ0v) is 43.9. The van der Waals surface area contributed by atoms with Gasteiger partial charge < -0.3 is 23.9 Å². The van der Waals surface area contributed by atoms with Crippen LogP contribution in [0.25, 0.3) is 11.0 Å². The third-order valence-corrected chi connectivity index (χ3v) is 18.2. The van der Waals surface area contributed by atoms with E-state index >= 15 is 0 Å². The Bertz CT molecular complexity index is 2100. The predicted octanol–water partition coefficient (Wildman–Crippen LogP) is 10.9. The topological polar surface area (TPSA) is 194 Å². The van der Waals surface area contributed by atoms with Crippen LogP contribution in [0.3, 0.4) is 0 Å². The minimum atomic E-state index is -0.807. The largest absolute Gasteiger partial charge is 0.378 e. The smallest absolute Gasteiger partial charge is 0.352 e. The van der Waals surface area contributed by atoms with Gasteiger partial charge in [-0.1, -0.05) is 73.6 Å². The molecule has 0 N–H and O–H groups in total. The number of nitro groups is 1. The first-order valence-corrected chi connectivity index (χ1v) is 27.8. The fourth-order valence-corrected chi connectivity index (χ4v) is 14.2. The molecule has 1 aromatic heterocycles. The normalized spacial score (nSPS) is 29.7. The molecule has 396 valence electrons. The SMILES string of the molecule is CCCCO[C@@H]1CC[C@@]2(C)C(C1)C[C@@H](OCCCC)C1C2C[C@H](OCCCC)[C@@]2(C)C1CC[C@@H]2[C@H](C)CCCN(CC(=O)ON1C(=O)CCC1=O)C(=O)CCCCCCc1ccc([N+](=O)[O-])c2nonc12. The van der Waals surface area contributed by atoms with Crippen molar-refractivity contribution in [3.05, 3.63) is 27.8 Å². The molecule has 0 bridgehead atoms. The highest BCUT2D eigenvalue weighted by molar-refractivity contribution is 6.01. The van der Waals surface area contributed by atoms with Gasteiger partial charge in [0.25, 0.3) is 11.8 Å². The van der Waals surface area contributed by atoms with Gasteiger partial charge in [0.15, 0.2) is 0 Å². The number of hydrogen-bond acceptors (Lipinski definition) is 13. The second-order valence-corrected chi connectivity index (χ2v) is 22.5. The van der Waals surface area contributed by atoms with E-state index < -0.39 is 22.7 Å². The molecule has 4 saturated carbocycles. The maximum Gasteiger partial charge on any atom is 0.352 e. The number of hydrogen-bond donors (Lipinski definition) is 0. The number of fused-ring (bicyclic) bond motifs is 6. The molecule has 3 amide bonds. The predicted molar refractivity (Wildman–Crippen MR) is 267 cm³/mol. The molecule has 0 spiro atoms. The van der Waals surface area contributed by atoms with Gasteiger partial charge in [0.2, 0.25) is 11.4 Å². The number of carbonyl (C=O) groups is 4. The van der Waals surface area contributed by atoms with Crippen molar-refractivity contribution in [1.29, 1.82) is 0 Å². The van der Waals surface area contributed by atoms with E-state index in [1.165, 1.54) is 12.5 Å². The monoisotopic (exact) mass is 992 g/mol. The lowest BCUT2D eigenvalue weighted by molar-refractivity contribution is -0.383. The number of aromatic nitrogens is 2. The minimum Gasteiger partial charge on any atom is -0.378 e. The molecule has 1 saturated heterocycles. The third kappa shape index (κ3) is 12.5. The molecule has 4 aliphatic carbocycles. The molecule has 1 aromatic carbocycles. The number of carbonyl (C=O) groups excluding carboxylic acids is 4. The van der Waals surface area contributed by atoms with Crippen molar-refractivity contribution < 1.29 is 47.8 Å². The summed E-state index contributed by atoms with van der Waals surface area (Å²) in [6.45, 7) is 16.7. The average Bonchev–Trinajstić information content (AvgIpc) is 4.07. The number of imide groups is 1. The van der Waals surface area contributed by atoms with Crippen LogP contribution in [-0.2, 0) is 44.6 Å². The van der Waals surface area contributed by atoms with Crippen LogP contribution in [0.1, 0.15) is 188 Å². The highest BCUT2D eigenvalue weighted by Crippen LogP contribution is 2.69. The molecular weight excluding hydrogens is 907 g/mol. The molecule has 7 rings (SSSR count). The van der Waals surface area contributed by atoms with Crippen molar-refractivity contribution in [1.82, 2.24) is 20.3 Å². The lowest BCUT2D eigenvalue weighted by Crippen LogP contribution is -2.63. The number of benzene rings is 1. The number of nitrogens with zero attached hydrogens (tertiary/aromatic N) is 5. The number of ether oxygens (including phenoxy) is 3. The molecule has 0 radical (unpaired) electrons. The van der Waals surface area contributed by atoms with Gasteiger partial charge >= 0.3 is 11.7 Å². The van der Waals surface area contributed by atoms with E-state index in [2.05, 4.69) is 51.9 Å². The molecule has 71 heavy (non-hydrogen) atoms. The van der Waals surface area contributed by atoms with Crippen LogP contribution < -0.4 is 0 Å². The van der Waals surface area contributed by atoms with Crippen molar-refractivity contribution in [3.63, 3.8) is 0 Å². The van der Waals surface area contributed by atoms with Crippen molar-refractivity contribution in [2.24, 2.45) is 46.3 Å². The van der Waals surface area contributed by atoms with E-state index in [0.717, 1.165) is 128 Å². The van der Waals surface area contributed by atoms with Crippen LogP contribution in [0.4, 0.5) is 5.69 Å². The van der Waals surface area contributed by atoms with Crippen molar-refractivity contribution in [2.45, 2.75) is 208 Å². The number of unbranched alkanes of at least 4 members (excludes halogenated alkanes) is 6. The zero-order chi connectivity index (χ0) is 50.7. The number of hydroxylamine groups is 2. The second-order valence-electron chi connectivity index (χ2n) is 22.5. The summed E-state index contributed by atoms with van der Waals surface area (Å²) >= 11 is 0. The summed E-state index contributed by atoms with van der Waals surface area (Å²) in [4.78, 5) is 69.6. The average molecular weight is 992 g/mol. The van der Waals surface area contributed by atoms with Gasteiger partial charge in [-0.2, -0.15) is 0 Å². The van der Waals surface area contributed by atoms with Crippen LogP contribution in [-0.4, -0.2) is 100 Å². The van der Waals surface area contributed by atoms with Crippen molar-refractivity contribution in [2.75, 3.05) is 32.9 Å². The molecule has 2 heterocycles. The van der Waals surface area contributed by atoms with Crippen LogP contribution >= 0.6 is 0 Å². The van der Waals surface area contributed by atoms with E-state index in [0.29, 0.717) is 78.0 Å². The Morgan fingerprint density at radius 1 is 0.845 bits per heavy atom. The van der Waals surface area contributed by atoms with Gasteiger partial charge in [-0.05, 0) is 159 Å². The number of non-ortho nitro benzene ring substituents is 1. The number of rotatable bonds is 28. The summed E-state index contributed by atoms with van der Waals surface area (Å²) in [6.07, 6.45) is 20.6. The Hall–Kier alpha value is -4.02. The Kier molecular flexibility index (Phi) is 19.5. The fourth-order valence-electron chi connectivity index (χ4n) is 14.2. The Labute approximate surface area is 421 Å². The third-order valence-electron chi connectivity index (χ3n) is 18.2. The number of nitro benzene ring substituents is 1. The molecule has 16 heteroatoms. The standard InChI is InChI=1S/C55H85N5O11/c1-7-10-30-67-40-27-28-54(5)39(33-40)34-45(68-31-11-8-2)51-42-23-22-41(55(42,6)46(35-43(51)54)69-32-12-9-3)37(4)18-17-29-58(36-50(64)70-59-48(62)25-26-49(59)63)47(61)20-16-14-13-15-19-38-21-24-44(60(65)66)53-52(38)56-71-57-53/h21,24,37,39-43,45-46,51H,7-20,22-23,25-36H2,1-6H3/t37-,39?,40-,41-,42?,43?,45-,46+,51?,54+,55-/m1/s1. The van der Waals surface area contributed by atoms with Crippen LogP contribution in [0, 0.1) is 56.5 Å². The van der Waals surface area contributed by atoms with Gasteiger partial charge in [-0.25, -0.2) is 9.42 Å². The fraction of sp³-hybridized carbons (Fsp3) is 0.818. The quantitative estimate of drug-likeness (QED) is 0.0338. The van der Waals surface area contributed by atoms with Crippen LogP contribution in [0.15, 0.2) is 16.8 Å². The molecule has 2 aromatic rings. The maximum atomic E-state index is 14.0. The molecule has 16 nitrogen and oxygen atoms in total. The summed E-state index contributed by atoms with van der Waals surface area (Å²) in [5.74, 6) is 0.756. The first kappa shape index (κ1) is 54.7. The highest BCUT2D eigenvalue weighted by Gasteiger charge is 2.66. The van der Waals surface area contributed by atoms with E-state index in [-0.39, 0.29) is 66.0 Å². The molecule has 4 unspecified atom stereocenters. The molecule has 5 aliphatic rings. The lowest BCUT2D eigenvalue weighted by Gasteiger charge is -2.65. The number of amides is 3. The minimum absolute atomic E-state index is 0.00848. The van der Waals surface area contributed by atoms with E-state index in [9.17, 15) is 29.3 Å². The Morgan fingerprint density at radius 2 is 1.54 bits per heavy atom. The van der Waals surface area contributed by atoms with E-state index in [1.54, 1.807) is 11.0 Å². The zero-order valence-electron chi connectivity index (χ0n) is 43.9. The molecular formula is C55H85N5O11. The summed E-state index contributed by atoms with van der Waals surface area (Å²) < 4.78 is 25.6. The highest BCUT2D eigenvalue weighted by atomic mass is 16.7. The molecule has 11 atom stereocenters. The van der Waals surface area contributed by atoms with Crippen LogP contribution in [0.2, 0.25) is 0 Å². The summed E-state index contributed by atoms with van der Waals surface area (Å²) in [5.41, 5.74) is 1.38. The molecule has 1 aliphatic heterocycles. The summed E-state index contributed by atoms with van der Waals surface area (Å²) in [6, 6.07) is 3.11. The summed E-state index contributed by atoms with van der Waals surface area (Å²) in [5, 5.41) is 19.6. The van der Waals surface area contributed by atoms with Gasteiger partial charge in [0.05, 0.1) is 23.2 Å². The summed E-state index contributed by atoms with van der Waals surface area (Å²) in [7, 11) is 0. The van der Waals surface area contributed by atoms with Crippen molar-refractivity contribution in [3.8, 4) is 0 Å². The van der Waals surface area contributed by atoms with Gasteiger partial charge in [0.1, 0.15) is 12.1 Å². The number of aryl methyl sites for hydroxylation is 1. The Morgan fingerprint density at radius 3 is 2.25 bits per heavy atom. The van der Waals surface area contributed by atoms with Gasteiger partial charge in [-0.15, -0.1) is 5.06 Å². The van der Waals surface area contributed by atoms with Crippen molar-refractivity contribution >= 4 is 40.4 Å². The first-order valence-electron chi connectivity index (χ1n) is 27.8. The van der Waals surface area contributed by atoms with Crippen LogP contribution in [0.5, 0.6) is 0 Å². The van der Waals surface area contributed by atoms with Gasteiger partial charge in [0, 0.05) is 57.1 Å². The molecule has 5 fully saturated rings. The van der Waals surface area contributed by atoms with E-state index in [4.69, 9.17) is 23.7 Å². The van der Waals surface area contributed by atoms with E-state index in [1.807, 2.05) is 0 Å². The maximum absolute atomic E-state index is 14.0. The van der Waals surface area contributed by atoms with Gasteiger partial charge in [-0.3, -0.25) is 24.5 Å². The Balaban J connectivity index is 1.01.